The molecule has 0 spiro atoms. The van der Waals surface area contributed by atoms with E-state index in [4.69, 9.17) is 0 Å². The van der Waals surface area contributed by atoms with Crippen LogP contribution < -0.4 is 5.32 Å². The quantitative estimate of drug-likeness (QED) is 0.285. The van der Waals surface area contributed by atoms with Crippen molar-refractivity contribution in [3.63, 3.8) is 0 Å². The first kappa shape index (κ1) is 25.3. The molecule has 3 heteroatoms. The predicted molar refractivity (Wildman–Crippen MR) is 137 cm³/mol. The number of benzene rings is 2. The number of hydrogen-bond donors (Lipinski definition) is 1. The Morgan fingerprint density at radius 1 is 1.06 bits per heavy atom. The second-order valence-electron chi connectivity index (χ2n) is 8.36. The van der Waals surface area contributed by atoms with Gasteiger partial charge in [0, 0.05) is 24.9 Å². The maximum atomic E-state index is 14.0. The molecule has 0 unspecified atom stereocenters. The maximum Gasteiger partial charge on any atom is 0.123 e. The highest BCUT2D eigenvalue weighted by molar-refractivity contribution is 5.90. The van der Waals surface area contributed by atoms with Crippen LogP contribution in [0.4, 0.5) is 4.39 Å². The lowest BCUT2D eigenvalue weighted by Crippen LogP contribution is -2.25. The molecule has 2 aromatic rings. The summed E-state index contributed by atoms with van der Waals surface area (Å²) in [4.78, 5) is 4.32. The zero-order chi connectivity index (χ0) is 23.5. The van der Waals surface area contributed by atoms with Gasteiger partial charge in [-0.2, -0.15) is 0 Å². The third-order valence-corrected chi connectivity index (χ3v) is 5.70. The molecular weight excluding hydrogens is 395 g/mol. The number of allylic oxidation sites excluding steroid dienone is 5. The topological polar surface area (TPSA) is 24.4 Å². The first-order valence-corrected chi connectivity index (χ1v) is 11.5. The molecule has 0 saturated carbocycles. The van der Waals surface area contributed by atoms with Crippen LogP contribution in [0.2, 0.25) is 0 Å². The Morgan fingerprint density at radius 2 is 1.78 bits per heavy atom. The molecule has 2 aromatic carbocycles. The maximum absolute atomic E-state index is 14.0. The Hall–Kier alpha value is -2.94. The molecule has 0 amide bonds. The Labute approximate surface area is 193 Å². The Kier molecular flexibility index (Phi) is 10.1. The summed E-state index contributed by atoms with van der Waals surface area (Å²) in [5.41, 5.74) is 7.82. The minimum atomic E-state index is -0.231. The highest BCUT2D eigenvalue weighted by Gasteiger charge is 2.20. The Balaban J connectivity index is 2.56. The molecule has 1 N–H and O–H groups in total. The molecule has 0 aliphatic rings. The summed E-state index contributed by atoms with van der Waals surface area (Å²) in [7, 11) is 1.77. The zero-order valence-electron chi connectivity index (χ0n) is 20.2. The van der Waals surface area contributed by atoms with Gasteiger partial charge in [0.1, 0.15) is 5.82 Å². The van der Waals surface area contributed by atoms with Gasteiger partial charge in [-0.25, -0.2) is 4.39 Å². The molecule has 170 valence electrons. The van der Waals surface area contributed by atoms with E-state index in [-0.39, 0.29) is 11.7 Å². The van der Waals surface area contributed by atoms with Gasteiger partial charge in [-0.05, 0) is 68.4 Å². The SMILES string of the molecule is C=C(C)C[C@@H](Cc1ccccc1)/C(NC(/C=N\C)=C(\CC)c1cccc(F)c1)=C(\C)CC. The second-order valence-corrected chi connectivity index (χ2v) is 8.36. The minimum Gasteiger partial charge on any atom is -0.357 e. The molecule has 0 saturated heterocycles. The Morgan fingerprint density at radius 3 is 2.34 bits per heavy atom. The van der Waals surface area contributed by atoms with Crippen LogP contribution in [-0.2, 0) is 6.42 Å². The van der Waals surface area contributed by atoms with Crippen LogP contribution >= 0.6 is 0 Å². The van der Waals surface area contributed by atoms with E-state index >= 15 is 0 Å². The van der Waals surface area contributed by atoms with Gasteiger partial charge in [0.05, 0.1) is 5.70 Å². The fourth-order valence-electron chi connectivity index (χ4n) is 4.03. The zero-order valence-corrected chi connectivity index (χ0v) is 20.2. The van der Waals surface area contributed by atoms with Gasteiger partial charge in [-0.1, -0.05) is 67.5 Å². The molecule has 0 heterocycles. The van der Waals surface area contributed by atoms with Gasteiger partial charge in [-0.3, -0.25) is 4.99 Å². The average Bonchev–Trinajstić information content (AvgIpc) is 2.77. The van der Waals surface area contributed by atoms with Gasteiger partial charge >= 0.3 is 0 Å². The summed E-state index contributed by atoms with van der Waals surface area (Å²) in [6.07, 6.45) is 5.38. The number of halogens is 1. The predicted octanol–water partition coefficient (Wildman–Crippen LogP) is 7.75. The number of rotatable bonds is 11. The number of aliphatic imine (C=N–C) groups is 1. The van der Waals surface area contributed by atoms with Gasteiger partial charge < -0.3 is 5.32 Å². The van der Waals surface area contributed by atoms with Crippen LogP contribution in [0.15, 0.2) is 88.7 Å². The summed E-state index contributed by atoms with van der Waals surface area (Å²) < 4.78 is 14.0. The molecule has 0 fully saturated rings. The Bertz CT molecular complexity index is 983. The number of nitrogens with one attached hydrogen (secondary N) is 1. The van der Waals surface area contributed by atoms with Gasteiger partial charge in [0.15, 0.2) is 0 Å². The first-order chi connectivity index (χ1) is 15.4. The summed E-state index contributed by atoms with van der Waals surface area (Å²) in [5, 5.41) is 3.75. The van der Waals surface area contributed by atoms with E-state index in [0.29, 0.717) is 0 Å². The third kappa shape index (κ3) is 7.33. The van der Waals surface area contributed by atoms with Gasteiger partial charge in [0.2, 0.25) is 0 Å². The van der Waals surface area contributed by atoms with Crippen molar-refractivity contribution >= 4 is 11.8 Å². The number of nitrogens with zero attached hydrogens (tertiary/aromatic N) is 1. The summed E-state index contributed by atoms with van der Waals surface area (Å²) >= 11 is 0. The highest BCUT2D eigenvalue weighted by atomic mass is 19.1. The van der Waals surface area contributed by atoms with Crippen molar-refractivity contribution in [3.8, 4) is 0 Å². The lowest BCUT2D eigenvalue weighted by atomic mass is 9.87. The van der Waals surface area contributed by atoms with Crippen molar-refractivity contribution < 1.29 is 4.39 Å². The van der Waals surface area contributed by atoms with Crippen LogP contribution in [-0.4, -0.2) is 13.3 Å². The van der Waals surface area contributed by atoms with Gasteiger partial charge in [0.25, 0.3) is 0 Å². The van der Waals surface area contributed by atoms with Crippen LogP contribution in [0.25, 0.3) is 5.57 Å². The molecule has 0 aromatic heterocycles. The fraction of sp³-hybridized carbons (Fsp3) is 0.345. The molecule has 0 bridgehead atoms. The highest BCUT2D eigenvalue weighted by Crippen LogP contribution is 2.29. The first-order valence-electron chi connectivity index (χ1n) is 11.5. The monoisotopic (exact) mass is 432 g/mol. The average molecular weight is 433 g/mol. The van der Waals surface area contributed by atoms with E-state index in [0.717, 1.165) is 48.1 Å². The molecule has 1 atom stereocenters. The van der Waals surface area contributed by atoms with Crippen molar-refractivity contribution in [3.05, 3.63) is 101 Å². The summed E-state index contributed by atoms with van der Waals surface area (Å²) in [5.74, 6) is 0.0340. The molecule has 0 aliphatic heterocycles. The van der Waals surface area contributed by atoms with E-state index < -0.39 is 0 Å². The number of hydrogen-bond acceptors (Lipinski definition) is 2. The molecule has 2 nitrogen and oxygen atoms in total. The van der Waals surface area contributed by atoms with E-state index in [1.165, 1.54) is 22.9 Å². The van der Waals surface area contributed by atoms with Crippen LogP contribution in [0.5, 0.6) is 0 Å². The fourth-order valence-corrected chi connectivity index (χ4v) is 4.03. The van der Waals surface area contributed by atoms with Crippen LogP contribution in [0.3, 0.4) is 0 Å². The lowest BCUT2D eigenvalue weighted by molar-refractivity contribution is 0.563. The summed E-state index contributed by atoms with van der Waals surface area (Å²) in [6, 6.07) is 17.4. The van der Waals surface area contributed by atoms with E-state index in [1.807, 2.05) is 12.3 Å². The smallest absolute Gasteiger partial charge is 0.123 e. The minimum absolute atomic E-state index is 0.231. The second kappa shape index (κ2) is 12.8. The lowest BCUT2D eigenvalue weighted by Gasteiger charge is -2.26. The normalized spacial score (nSPS) is 14.1. The van der Waals surface area contributed by atoms with E-state index in [9.17, 15) is 4.39 Å². The van der Waals surface area contributed by atoms with Crippen LogP contribution in [0.1, 0.15) is 58.1 Å². The molecule has 2 rings (SSSR count). The largest absolute Gasteiger partial charge is 0.357 e. The van der Waals surface area contributed by atoms with E-state index in [1.54, 1.807) is 19.2 Å². The van der Waals surface area contributed by atoms with Crippen molar-refractivity contribution in [2.75, 3.05) is 7.05 Å². The van der Waals surface area contributed by atoms with Gasteiger partial charge in [-0.15, -0.1) is 6.58 Å². The molecule has 32 heavy (non-hydrogen) atoms. The standard InChI is InChI=1S/C29H37FN2/c1-7-22(5)29(25(17-21(3)4)18-23-13-10-9-11-14-23)32-28(20-31-6)27(8-2)24-15-12-16-26(30)19-24/h9-16,19-20,25,32H,3,7-8,17-18H2,1-2,4-6H3/b28-27+,29-22-,31-20-/t25-/m0/s1. The molecular formula is C29H37FN2. The third-order valence-electron chi connectivity index (χ3n) is 5.70. The van der Waals surface area contributed by atoms with Crippen molar-refractivity contribution in [1.82, 2.24) is 5.32 Å². The van der Waals surface area contributed by atoms with Crippen molar-refractivity contribution in [1.29, 1.82) is 0 Å². The van der Waals surface area contributed by atoms with Crippen molar-refractivity contribution in [2.24, 2.45) is 10.9 Å². The molecule has 0 radical (unpaired) electrons. The van der Waals surface area contributed by atoms with E-state index in [2.05, 4.69) is 74.9 Å². The van der Waals surface area contributed by atoms with Crippen LogP contribution in [0, 0.1) is 11.7 Å². The molecule has 0 aliphatic carbocycles. The van der Waals surface area contributed by atoms with Crippen molar-refractivity contribution in [2.45, 2.75) is 53.4 Å². The summed E-state index contributed by atoms with van der Waals surface area (Å²) in [6.45, 7) is 12.8.